The Morgan fingerprint density at radius 1 is 1.39 bits per heavy atom. The first-order valence-corrected chi connectivity index (χ1v) is 6.07. The first-order chi connectivity index (χ1) is 8.61. The monoisotopic (exact) mass is 247 g/mol. The number of halogens is 1. The number of nitrogens with zero attached hydrogens (tertiary/aromatic N) is 2. The first-order valence-electron chi connectivity index (χ1n) is 6.07. The molecule has 0 radical (unpaired) electrons. The van der Waals surface area contributed by atoms with Gasteiger partial charge in [0.05, 0.1) is 5.69 Å². The van der Waals surface area contributed by atoms with Crippen LogP contribution in [0.5, 0.6) is 0 Å². The molecule has 2 N–H and O–H groups in total. The summed E-state index contributed by atoms with van der Waals surface area (Å²) in [6.07, 6.45) is 1.46. The zero-order chi connectivity index (χ0) is 13.1. The minimum absolute atomic E-state index is 0.200. The zero-order valence-electron chi connectivity index (χ0n) is 10.8. The second kappa shape index (κ2) is 5.31. The van der Waals surface area contributed by atoms with E-state index in [1.807, 2.05) is 20.0 Å². The molecule has 2 aromatic rings. The summed E-state index contributed by atoms with van der Waals surface area (Å²) in [5.41, 5.74) is 8.62. The fourth-order valence-electron chi connectivity index (χ4n) is 2.17. The number of nitrogens with two attached hydrogens (primary N) is 1. The molecular formula is C14H18FN3. The van der Waals surface area contributed by atoms with Crippen LogP contribution in [-0.4, -0.2) is 16.1 Å². The molecule has 1 heterocycles. The van der Waals surface area contributed by atoms with Gasteiger partial charge in [0.1, 0.15) is 11.6 Å². The molecule has 0 aliphatic carbocycles. The minimum atomic E-state index is -0.200. The van der Waals surface area contributed by atoms with Gasteiger partial charge in [-0.05, 0) is 31.2 Å². The average molecular weight is 247 g/mol. The number of rotatable bonds is 4. The molecule has 0 unspecified atom stereocenters. The summed E-state index contributed by atoms with van der Waals surface area (Å²) in [6, 6.07) is 6.68. The van der Waals surface area contributed by atoms with E-state index >= 15 is 0 Å². The number of hydrogen-bond donors (Lipinski definition) is 1. The topological polar surface area (TPSA) is 43.8 Å². The molecule has 0 spiro atoms. The number of imidazole rings is 1. The molecule has 4 heteroatoms. The molecule has 1 aromatic heterocycles. The van der Waals surface area contributed by atoms with Crippen molar-refractivity contribution in [1.29, 1.82) is 0 Å². The van der Waals surface area contributed by atoms with Gasteiger partial charge in [-0.25, -0.2) is 9.37 Å². The summed E-state index contributed by atoms with van der Waals surface area (Å²) < 4.78 is 15.2. The largest absolute Gasteiger partial charge is 0.334 e. The van der Waals surface area contributed by atoms with E-state index in [-0.39, 0.29) is 5.82 Å². The van der Waals surface area contributed by atoms with Crippen molar-refractivity contribution in [3.63, 3.8) is 0 Å². The van der Waals surface area contributed by atoms with E-state index in [0.717, 1.165) is 29.2 Å². The smallest absolute Gasteiger partial charge is 0.123 e. The molecule has 2 rings (SSSR count). The highest BCUT2D eigenvalue weighted by Crippen LogP contribution is 2.16. The van der Waals surface area contributed by atoms with Gasteiger partial charge in [0.15, 0.2) is 0 Å². The van der Waals surface area contributed by atoms with Crippen LogP contribution in [0.4, 0.5) is 4.39 Å². The van der Waals surface area contributed by atoms with Gasteiger partial charge in [-0.2, -0.15) is 0 Å². The summed E-state index contributed by atoms with van der Waals surface area (Å²) >= 11 is 0. The van der Waals surface area contributed by atoms with Gasteiger partial charge in [0, 0.05) is 25.6 Å². The predicted molar refractivity (Wildman–Crippen MR) is 69.9 cm³/mol. The maximum atomic E-state index is 13.2. The Labute approximate surface area is 106 Å². The van der Waals surface area contributed by atoms with Crippen molar-refractivity contribution < 1.29 is 4.39 Å². The van der Waals surface area contributed by atoms with Gasteiger partial charge in [0.25, 0.3) is 0 Å². The number of aryl methyl sites for hydroxylation is 1. The first kappa shape index (κ1) is 12.8. The lowest BCUT2D eigenvalue weighted by Gasteiger charge is -2.06. The Bertz CT molecular complexity index is 546. The van der Waals surface area contributed by atoms with E-state index in [2.05, 4.69) is 9.55 Å². The van der Waals surface area contributed by atoms with E-state index < -0.39 is 0 Å². The number of hydrogen-bond acceptors (Lipinski definition) is 2. The molecule has 0 aliphatic rings. The standard InChI is InChI=1S/C14H18FN3/c1-10-13(18(2)14(17-10)6-7-16)9-11-4-3-5-12(15)8-11/h3-5,8H,6-7,9,16H2,1-2H3. The normalized spacial score (nSPS) is 10.9. The Morgan fingerprint density at radius 3 is 2.83 bits per heavy atom. The van der Waals surface area contributed by atoms with Crippen molar-refractivity contribution in [3.05, 3.63) is 52.9 Å². The Hall–Kier alpha value is -1.68. The van der Waals surface area contributed by atoms with Gasteiger partial charge in [0.2, 0.25) is 0 Å². The molecule has 18 heavy (non-hydrogen) atoms. The van der Waals surface area contributed by atoms with Crippen LogP contribution in [0.1, 0.15) is 22.8 Å². The SMILES string of the molecule is Cc1nc(CCN)n(C)c1Cc1cccc(F)c1. The fraction of sp³-hybridized carbons (Fsp3) is 0.357. The van der Waals surface area contributed by atoms with Crippen LogP contribution >= 0.6 is 0 Å². The van der Waals surface area contributed by atoms with Crippen LogP contribution in [0.15, 0.2) is 24.3 Å². The van der Waals surface area contributed by atoms with Crippen LogP contribution in [0.25, 0.3) is 0 Å². The Balaban J connectivity index is 2.29. The van der Waals surface area contributed by atoms with Gasteiger partial charge in [-0.3, -0.25) is 0 Å². The molecule has 96 valence electrons. The van der Waals surface area contributed by atoms with E-state index in [9.17, 15) is 4.39 Å². The maximum Gasteiger partial charge on any atom is 0.123 e. The lowest BCUT2D eigenvalue weighted by molar-refractivity contribution is 0.625. The van der Waals surface area contributed by atoms with Gasteiger partial charge < -0.3 is 10.3 Å². The van der Waals surface area contributed by atoms with Crippen molar-refractivity contribution in [2.45, 2.75) is 19.8 Å². The molecule has 0 atom stereocenters. The highest BCUT2D eigenvalue weighted by molar-refractivity contribution is 5.26. The Kier molecular flexibility index (Phi) is 3.77. The van der Waals surface area contributed by atoms with Crippen LogP contribution < -0.4 is 5.73 Å². The number of aromatic nitrogens is 2. The van der Waals surface area contributed by atoms with Crippen molar-refractivity contribution in [1.82, 2.24) is 9.55 Å². The van der Waals surface area contributed by atoms with E-state index in [1.165, 1.54) is 6.07 Å². The molecular weight excluding hydrogens is 229 g/mol. The molecule has 1 aromatic carbocycles. The van der Waals surface area contributed by atoms with E-state index in [0.29, 0.717) is 13.0 Å². The average Bonchev–Trinajstić information content (AvgIpc) is 2.58. The van der Waals surface area contributed by atoms with Crippen LogP contribution in [0.3, 0.4) is 0 Å². The summed E-state index contributed by atoms with van der Waals surface area (Å²) in [6.45, 7) is 2.57. The fourth-order valence-corrected chi connectivity index (χ4v) is 2.17. The minimum Gasteiger partial charge on any atom is -0.334 e. The maximum absolute atomic E-state index is 13.2. The zero-order valence-corrected chi connectivity index (χ0v) is 10.8. The molecule has 0 aliphatic heterocycles. The predicted octanol–water partition coefficient (Wildman–Crippen LogP) is 1.96. The van der Waals surface area contributed by atoms with Crippen LogP contribution in [0, 0.1) is 12.7 Å². The third-order valence-corrected chi connectivity index (χ3v) is 3.13. The van der Waals surface area contributed by atoms with Crippen LogP contribution in [0.2, 0.25) is 0 Å². The molecule has 0 saturated carbocycles. The molecule has 3 nitrogen and oxygen atoms in total. The van der Waals surface area contributed by atoms with Crippen molar-refractivity contribution in [3.8, 4) is 0 Å². The quantitative estimate of drug-likeness (QED) is 0.897. The van der Waals surface area contributed by atoms with Gasteiger partial charge >= 0.3 is 0 Å². The Morgan fingerprint density at radius 2 is 2.17 bits per heavy atom. The molecule has 0 bridgehead atoms. The van der Waals surface area contributed by atoms with Gasteiger partial charge in [-0.1, -0.05) is 12.1 Å². The summed E-state index contributed by atoms with van der Waals surface area (Å²) in [5, 5.41) is 0. The summed E-state index contributed by atoms with van der Waals surface area (Å²) in [5.74, 6) is 0.788. The highest BCUT2D eigenvalue weighted by atomic mass is 19.1. The van der Waals surface area contributed by atoms with E-state index in [1.54, 1.807) is 12.1 Å². The molecule has 0 fully saturated rings. The van der Waals surface area contributed by atoms with Crippen molar-refractivity contribution >= 4 is 0 Å². The third-order valence-electron chi connectivity index (χ3n) is 3.13. The van der Waals surface area contributed by atoms with Crippen molar-refractivity contribution in [2.24, 2.45) is 12.8 Å². The lowest BCUT2D eigenvalue weighted by atomic mass is 10.1. The van der Waals surface area contributed by atoms with Crippen LogP contribution in [-0.2, 0) is 19.9 Å². The molecule has 0 amide bonds. The summed E-state index contributed by atoms with van der Waals surface area (Å²) in [4.78, 5) is 4.51. The third kappa shape index (κ3) is 2.59. The lowest BCUT2D eigenvalue weighted by Crippen LogP contribution is -2.09. The van der Waals surface area contributed by atoms with E-state index in [4.69, 9.17) is 5.73 Å². The second-order valence-corrected chi connectivity index (χ2v) is 4.46. The molecule has 0 saturated heterocycles. The highest BCUT2D eigenvalue weighted by Gasteiger charge is 2.11. The number of benzene rings is 1. The van der Waals surface area contributed by atoms with Gasteiger partial charge in [-0.15, -0.1) is 0 Å². The van der Waals surface area contributed by atoms with Crippen molar-refractivity contribution in [2.75, 3.05) is 6.54 Å². The summed E-state index contributed by atoms with van der Waals surface area (Å²) in [7, 11) is 1.99. The second-order valence-electron chi connectivity index (χ2n) is 4.46.